The zero-order chi connectivity index (χ0) is 14.5. The van der Waals surface area contributed by atoms with E-state index in [0.29, 0.717) is 11.6 Å². The van der Waals surface area contributed by atoms with Crippen molar-refractivity contribution in [1.29, 1.82) is 0 Å². The van der Waals surface area contributed by atoms with Crippen molar-refractivity contribution in [2.75, 3.05) is 6.54 Å². The standard InChI is InChI=1S/C16H19F2NS/c1-3-5-14(19-4-2)16-7-6-15(20-16)11-8-12(17)10-13(18)9-11/h6-10,14,19H,3-5H2,1-2H3. The molecule has 4 heteroatoms. The smallest absolute Gasteiger partial charge is 0.126 e. The molecule has 1 heterocycles. The highest BCUT2D eigenvalue weighted by Gasteiger charge is 2.13. The normalized spacial score (nSPS) is 12.6. The highest BCUT2D eigenvalue weighted by atomic mass is 32.1. The van der Waals surface area contributed by atoms with E-state index in [4.69, 9.17) is 0 Å². The quantitative estimate of drug-likeness (QED) is 0.777. The topological polar surface area (TPSA) is 12.0 Å². The van der Waals surface area contributed by atoms with E-state index in [-0.39, 0.29) is 0 Å². The number of nitrogens with one attached hydrogen (secondary N) is 1. The van der Waals surface area contributed by atoms with Gasteiger partial charge in [0.2, 0.25) is 0 Å². The summed E-state index contributed by atoms with van der Waals surface area (Å²) in [6, 6.07) is 7.96. The third-order valence-electron chi connectivity index (χ3n) is 3.15. The van der Waals surface area contributed by atoms with Crippen molar-refractivity contribution in [1.82, 2.24) is 5.32 Å². The molecule has 2 rings (SSSR count). The van der Waals surface area contributed by atoms with Crippen LogP contribution in [0.5, 0.6) is 0 Å². The number of hydrogen-bond donors (Lipinski definition) is 1. The highest BCUT2D eigenvalue weighted by molar-refractivity contribution is 7.15. The molecule has 20 heavy (non-hydrogen) atoms. The van der Waals surface area contributed by atoms with Gasteiger partial charge in [0, 0.05) is 21.9 Å². The van der Waals surface area contributed by atoms with Crippen LogP contribution < -0.4 is 5.32 Å². The highest BCUT2D eigenvalue weighted by Crippen LogP contribution is 2.33. The summed E-state index contributed by atoms with van der Waals surface area (Å²) in [4.78, 5) is 2.12. The lowest BCUT2D eigenvalue weighted by molar-refractivity contribution is 0.516. The first kappa shape index (κ1) is 15.1. The van der Waals surface area contributed by atoms with Crippen molar-refractivity contribution in [3.8, 4) is 10.4 Å². The van der Waals surface area contributed by atoms with Gasteiger partial charge in [0.05, 0.1) is 0 Å². The molecule has 0 bridgehead atoms. The van der Waals surface area contributed by atoms with E-state index >= 15 is 0 Å². The largest absolute Gasteiger partial charge is 0.310 e. The average molecular weight is 295 g/mol. The molecule has 0 saturated heterocycles. The summed E-state index contributed by atoms with van der Waals surface area (Å²) in [6.07, 6.45) is 2.16. The summed E-state index contributed by atoms with van der Waals surface area (Å²) < 4.78 is 26.5. The van der Waals surface area contributed by atoms with Crippen LogP contribution in [0.25, 0.3) is 10.4 Å². The summed E-state index contributed by atoms with van der Waals surface area (Å²) in [7, 11) is 0. The van der Waals surface area contributed by atoms with E-state index in [0.717, 1.165) is 30.3 Å². The predicted octanol–water partition coefficient (Wildman–Crippen LogP) is 5.14. The van der Waals surface area contributed by atoms with Crippen molar-refractivity contribution < 1.29 is 8.78 Å². The van der Waals surface area contributed by atoms with Gasteiger partial charge in [-0.15, -0.1) is 11.3 Å². The lowest BCUT2D eigenvalue weighted by atomic mass is 10.1. The Kier molecular flexibility index (Phi) is 5.26. The number of hydrogen-bond acceptors (Lipinski definition) is 2. The first-order valence-corrected chi connectivity index (χ1v) is 7.75. The molecule has 2 aromatic rings. The van der Waals surface area contributed by atoms with Crippen molar-refractivity contribution in [2.45, 2.75) is 32.7 Å². The Morgan fingerprint density at radius 3 is 2.40 bits per heavy atom. The van der Waals surface area contributed by atoms with Gasteiger partial charge in [-0.2, -0.15) is 0 Å². The van der Waals surface area contributed by atoms with E-state index in [1.807, 2.05) is 12.1 Å². The third-order valence-corrected chi connectivity index (χ3v) is 4.39. The van der Waals surface area contributed by atoms with Gasteiger partial charge < -0.3 is 5.32 Å². The van der Waals surface area contributed by atoms with Crippen LogP contribution in [-0.4, -0.2) is 6.54 Å². The van der Waals surface area contributed by atoms with Gasteiger partial charge in [-0.1, -0.05) is 20.3 Å². The molecule has 1 aromatic heterocycles. The molecule has 0 fully saturated rings. The molecule has 0 saturated carbocycles. The summed E-state index contributed by atoms with van der Waals surface area (Å²) in [5.74, 6) is -1.07. The van der Waals surface area contributed by atoms with Crippen molar-refractivity contribution in [2.24, 2.45) is 0 Å². The lowest BCUT2D eigenvalue weighted by Crippen LogP contribution is -2.19. The van der Waals surface area contributed by atoms with Crippen molar-refractivity contribution in [3.63, 3.8) is 0 Å². The maximum absolute atomic E-state index is 13.3. The van der Waals surface area contributed by atoms with Crippen LogP contribution >= 0.6 is 11.3 Å². The Morgan fingerprint density at radius 2 is 1.80 bits per heavy atom. The predicted molar refractivity (Wildman–Crippen MR) is 81.0 cm³/mol. The van der Waals surface area contributed by atoms with Crippen LogP contribution in [0.15, 0.2) is 30.3 Å². The summed E-state index contributed by atoms with van der Waals surface area (Å²) in [5.41, 5.74) is 0.602. The summed E-state index contributed by atoms with van der Waals surface area (Å²) in [5, 5.41) is 3.45. The number of thiophene rings is 1. The molecule has 0 aliphatic rings. The van der Waals surface area contributed by atoms with E-state index in [9.17, 15) is 8.78 Å². The van der Waals surface area contributed by atoms with Crippen LogP contribution in [0.3, 0.4) is 0 Å². The maximum atomic E-state index is 13.3. The van der Waals surface area contributed by atoms with Crippen LogP contribution in [0.2, 0.25) is 0 Å². The second kappa shape index (κ2) is 6.95. The SMILES string of the molecule is CCCC(NCC)c1ccc(-c2cc(F)cc(F)c2)s1. The number of halogens is 2. The van der Waals surface area contributed by atoms with Gasteiger partial charge in [-0.3, -0.25) is 0 Å². The number of rotatable bonds is 6. The van der Waals surface area contributed by atoms with Gasteiger partial charge in [0.25, 0.3) is 0 Å². The summed E-state index contributed by atoms with van der Waals surface area (Å²) >= 11 is 1.60. The second-order valence-electron chi connectivity index (χ2n) is 4.76. The zero-order valence-electron chi connectivity index (χ0n) is 11.7. The molecule has 1 N–H and O–H groups in total. The molecule has 0 aliphatic heterocycles. The number of benzene rings is 1. The molecule has 1 aromatic carbocycles. The van der Waals surface area contributed by atoms with Crippen LogP contribution in [0, 0.1) is 11.6 Å². The van der Waals surface area contributed by atoms with Gasteiger partial charge in [-0.25, -0.2) is 8.78 Å². The van der Waals surface area contributed by atoms with Crippen LogP contribution in [0.4, 0.5) is 8.78 Å². The van der Waals surface area contributed by atoms with Gasteiger partial charge in [-0.05, 0) is 42.8 Å². The van der Waals surface area contributed by atoms with E-state index in [1.165, 1.54) is 17.0 Å². The second-order valence-corrected chi connectivity index (χ2v) is 5.87. The van der Waals surface area contributed by atoms with Gasteiger partial charge in [0.1, 0.15) is 11.6 Å². The molecule has 0 spiro atoms. The zero-order valence-corrected chi connectivity index (χ0v) is 12.6. The van der Waals surface area contributed by atoms with E-state index in [1.54, 1.807) is 11.3 Å². The first-order chi connectivity index (χ1) is 9.63. The fraction of sp³-hybridized carbons (Fsp3) is 0.375. The van der Waals surface area contributed by atoms with Crippen LogP contribution in [-0.2, 0) is 0 Å². The fourth-order valence-corrected chi connectivity index (χ4v) is 3.38. The minimum absolute atomic E-state index is 0.321. The van der Waals surface area contributed by atoms with E-state index in [2.05, 4.69) is 19.2 Å². The van der Waals surface area contributed by atoms with Gasteiger partial charge in [0.15, 0.2) is 0 Å². The minimum atomic E-state index is -0.535. The molecule has 0 amide bonds. The molecule has 0 radical (unpaired) electrons. The molecule has 0 aliphatic carbocycles. The molecular formula is C16H19F2NS. The third kappa shape index (κ3) is 3.64. The molecular weight excluding hydrogens is 276 g/mol. The minimum Gasteiger partial charge on any atom is -0.310 e. The van der Waals surface area contributed by atoms with Crippen LogP contribution in [0.1, 0.15) is 37.6 Å². The maximum Gasteiger partial charge on any atom is 0.126 e. The molecule has 1 unspecified atom stereocenters. The Bertz CT molecular complexity index is 539. The van der Waals surface area contributed by atoms with Crippen molar-refractivity contribution in [3.05, 3.63) is 46.8 Å². The fourth-order valence-electron chi connectivity index (χ4n) is 2.27. The van der Waals surface area contributed by atoms with Gasteiger partial charge >= 0.3 is 0 Å². The van der Waals surface area contributed by atoms with Crippen molar-refractivity contribution >= 4 is 11.3 Å². The molecule has 108 valence electrons. The lowest BCUT2D eigenvalue weighted by Gasteiger charge is -2.15. The Hall–Kier alpha value is -1.26. The summed E-state index contributed by atoms with van der Waals surface area (Å²) in [6.45, 7) is 5.15. The Labute approximate surface area is 122 Å². The monoisotopic (exact) mass is 295 g/mol. The van der Waals surface area contributed by atoms with E-state index < -0.39 is 11.6 Å². The molecule has 1 atom stereocenters. The Balaban J connectivity index is 2.27. The molecule has 1 nitrogen and oxygen atoms in total. The first-order valence-electron chi connectivity index (χ1n) is 6.93. The average Bonchev–Trinajstić information content (AvgIpc) is 2.87. The Morgan fingerprint density at radius 1 is 1.10 bits per heavy atom.